The fourth-order valence-corrected chi connectivity index (χ4v) is 6.73. The molecule has 8 aromatic rings. The van der Waals surface area contributed by atoms with Crippen LogP contribution in [0.1, 0.15) is 0 Å². The molecule has 0 N–H and O–H groups in total. The molecule has 0 spiro atoms. The first kappa shape index (κ1) is 22.4. The monoisotopic (exact) mass is 520 g/mol. The zero-order valence-electron chi connectivity index (χ0n) is 22.3. The minimum absolute atomic E-state index is 0.895. The second-order valence-electron chi connectivity index (χ2n) is 10.9. The van der Waals surface area contributed by atoms with E-state index in [2.05, 4.69) is 146 Å². The van der Waals surface area contributed by atoms with E-state index < -0.39 is 0 Å². The summed E-state index contributed by atoms with van der Waals surface area (Å²) in [7, 11) is 0. The second kappa shape index (κ2) is 8.55. The Morgan fingerprint density at radius 3 is 2.02 bits per heavy atom. The minimum atomic E-state index is 0.895. The molecule has 1 heterocycles. The van der Waals surface area contributed by atoms with Crippen LogP contribution in [0.5, 0.6) is 11.5 Å². The Labute approximate surface area is 237 Å². The van der Waals surface area contributed by atoms with Crippen LogP contribution in [0.4, 0.5) is 0 Å². The summed E-state index contributed by atoms with van der Waals surface area (Å²) in [5.74, 6) is 1.83. The van der Waals surface area contributed by atoms with Crippen molar-refractivity contribution < 1.29 is 4.74 Å². The number of fused-ring (bicyclic) bond motifs is 6. The largest absolute Gasteiger partial charge is 0.455 e. The van der Waals surface area contributed by atoms with E-state index in [9.17, 15) is 0 Å². The van der Waals surface area contributed by atoms with Crippen molar-refractivity contribution in [3.8, 4) is 44.9 Å². The predicted octanol–water partition coefficient (Wildman–Crippen LogP) is 11.4. The van der Waals surface area contributed by atoms with Gasteiger partial charge in [-0.05, 0) is 78.7 Å². The first-order valence-electron chi connectivity index (χ1n) is 14.1. The molecule has 0 radical (unpaired) electrons. The highest BCUT2D eigenvalue weighted by molar-refractivity contribution is 6.22. The third-order valence-electron chi connectivity index (χ3n) is 8.63. The van der Waals surface area contributed by atoms with Gasteiger partial charge in [0.2, 0.25) is 0 Å². The molecule has 0 amide bonds. The Hall–Kier alpha value is -5.40. The quantitative estimate of drug-likeness (QED) is 0.163. The molecule has 41 heavy (non-hydrogen) atoms. The van der Waals surface area contributed by atoms with Crippen LogP contribution in [0, 0.1) is 0 Å². The van der Waals surface area contributed by atoms with Gasteiger partial charge in [-0.15, -0.1) is 0 Å². The smallest absolute Gasteiger partial charge is 0.143 e. The lowest BCUT2D eigenvalue weighted by molar-refractivity contribution is 0.489. The van der Waals surface area contributed by atoms with Crippen LogP contribution in [-0.4, -0.2) is 0 Å². The Morgan fingerprint density at radius 2 is 1.12 bits per heavy atom. The fraction of sp³-hybridized carbons (Fsp3) is 0. The van der Waals surface area contributed by atoms with Crippen LogP contribution in [0.3, 0.4) is 0 Å². The molecule has 1 aliphatic heterocycles. The Bertz CT molecular complexity index is 2330. The van der Waals surface area contributed by atoms with Crippen LogP contribution in [0.15, 0.2) is 146 Å². The molecular formula is C40H24O. The lowest BCUT2D eigenvalue weighted by Crippen LogP contribution is -2.00. The van der Waals surface area contributed by atoms with Crippen LogP contribution in [0.2, 0.25) is 0 Å². The van der Waals surface area contributed by atoms with E-state index in [1.807, 2.05) is 0 Å². The Kier molecular flexibility index (Phi) is 4.67. The number of rotatable bonds is 2. The SMILES string of the molecule is c1ccc(-c2ccc3c(c2)-c2cccc4ccc(-c5c6ccccc6cc6c5ccc5ccccc56)c(c24)O3)cc1. The maximum atomic E-state index is 6.91. The fourth-order valence-electron chi connectivity index (χ4n) is 6.73. The summed E-state index contributed by atoms with van der Waals surface area (Å²) >= 11 is 0. The molecule has 0 fully saturated rings. The topological polar surface area (TPSA) is 9.23 Å². The van der Waals surface area contributed by atoms with Gasteiger partial charge < -0.3 is 4.74 Å². The van der Waals surface area contributed by atoms with Crippen molar-refractivity contribution in [1.82, 2.24) is 0 Å². The van der Waals surface area contributed by atoms with Gasteiger partial charge in [-0.25, -0.2) is 0 Å². The lowest BCUT2D eigenvalue weighted by atomic mass is 9.86. The summed E-state index contributed by atoms with van der Waals surface area (Å²) in [4.78, 5) is 0. The number of hydrogen-bond acceptors (Lipinski definition) is 1. The van der Waals surface area contributed by atoms with Gasteiger partial charge in [0.1, 0.15) is 11.5 Å². The first-order chi connectivity index (χ1) is 20.3. The van der Waals surface area contributed by atoms with Gasteiger partial charge in [-0.3, -0.25) is 0 Å². The molecule has 0 saturated carbocycles. The molecule has 0 saturated heterocycles. The lowest BCUT2D eigenvalue weighted by Gasteiger charge is -2.25. The average molecular weight is 521 g/mol. The zero-order chi connectivity index (χ0) is 26.9. The molecule has 9 rings (SSSR count). The summed E-state index contributed by atoms with van der Waals surface area (Å²) in [6, 6.07) is 52.5. The molecule has 8 aromatic carbocycles. The molecule has 0 unspecified atom stereocenters. The third-order valence-corrected chi connectivity index (χ3v) is 8.63. The molecule has 1 aliphatic rings. The van der Waals surface area contributed by atoms with Crippen LogP contribution >= 0.6 is 0 Å². The highest BCUT2D eigenvalue weighted by Gasteiger charge is 2.25. The maximum absolute atomic E-state index is 6.91. The van der Waals surface area contributed by atoms with E-state index in [4.69, 9.17) is 4.74 Å². The van der Waals surface area contributed by atoms with Crippen molar-refractivity contribution in [1.29, 1.82) is 0 Å². The van der Waals surface area contributed by atoms with E-state index >= 15 is 0 Å². The maximum Gasteiger partial charge on any atom is 0.143 e. The summed E-state index contributed by atoms with van der Waals surface area (Å²) in [6.45, 7) is 0. The van der Waals surface area contributed by atoms with Crippen molar-refractivity contribution in [2.24, 2.45) is 0 Å². The van der Waals surface area contributed by atoms with E-state index in [-0.39, 0.29) is 0 Å². The number of benzene rings is 8. The third kappa shape index (κ3) is 3.30. The van der Waals surface area contributed by atoms with Gasteiger partial charge in [-0.2, -0.15) is 0 Å². The molecular weight excluding hydrogens is 496 g/mol. The summed E-state index contributed by atoms with van der Waals surface area (Å²) in [5.41, 5.74) is 7.09. The molecule has 0 bridgehead atoms. The zero-order valence-corrected chi connectivity index (χ0v) is 22.3. The highest BCUT2D eigenvalue weighted by Crippen LogP contribution is 2.53. The molecule has 0 aromatic heterocycles. The summed E-state index contributed by atoms with van der Waals surface area (Å²) < 4.78 is 6.91. The highest BCUT2D eigenvalue weighted by atomic mass is 16.5. The van der Waals surface area contributed by atoms with Crippen molar-refractivity contribution in [3.05, 3.63) is 146 Å². The standard InChI is InChI=1S/C40H24O/c1-2-9-25(10-3-1)28-19-22-37-36(23-28)32-16-8-13-27-18-21-34(40(41-37)38(27)32)39-31-15-7-5-12-29(31)24-35-30-14-6-4-11-26(30)17-20-33(35)39/h1-24H. The van der Waals surface area contributed by atoms with E-state index in [0.717, 1.165) is 22.6 Å². The van der Waals surface area contributed by atoms with Crippen molar-refractivity contribution in [3.63, 3.8) is 0 Å². The van der Waals surface area contributed by atoms with Gasteiger partial charge in [0.25, 0.3) is 0 Å². The van der Waals surface area contributed by atoms with Gasteiger partial charge in [0, 0.05) is 22.1 Å². The molecule has 190 valence electrons. The van der Waals surface area contributed by atoms with Crippen molar-refractivity contribution >= 4 is 43.1 Å². The predicted molar refractivity (Wildman–Crippen MR) is 173 cm³/mol. The number of hydrogen-bond donors (Lipinski definition) is 0. The van der Waals surface area contributed by atoms with E-state index in [1.54, 1.807) is 0 Å². The summed E-state index contributed by atoms with van der Waals surface area (Å²) in [6.07, 6.45) is 0. The van der Waals surface area contributed by atoms with Gasteiger partial charge in [0.15, 0.2) is 0 Å². The van der Waals surface area contributed by atoms with Crippen LogP contribution < -0.4 is 4.74 Å². The van der Waals surface area contributed by atoms with Crippen LogP contribution in [-0.2, 0) is 0 Å². The molecule has 0 aliphatic carbocycles. The first-order valence-corrected chi connectivity index (χ1v) is 14.1. The second-order valence-corrected chi connectivity index (χ2v) is 10.9. The normalized spacial score (nSPS) is 12.1. The molecule has 1 heteroatoms. The summed E-state index contributed by atoms with van der Waals surface area (Å²) in [5, 5.41) is 9.85. The molecule has 0 atom stereocenters. The molecule has 1 nitrogen and oxygen atoms in total. The minimum Gasteiger partial charge on any atom is -0.455 e. The van der Waals surface area contributed by atoms with Gasteiger partial charge >= 0.3 is 0 Å². The number of ether oxygens (including phenoxy) is 1. The van der Waals surface area contributed by atoms with E-state index in [0.29, 0.717) is 0 Å². The Balaban J connectivity index is 1.37. The van der Waals surface area contributed by atoms with E-state index in [1.165, 1.54) is 65.3 Å². The van der Waals surface area contributed by atoms with Crippen LogP contribution in [0.25, 0.3) is 76.5 Å². The van der Waals surface area contributed by atoms with Gasteiger partial charge in [0.05, 0.1) is 0 Å². The van der Waals surface area contributed by atoms with Crippen molar-refractivity contribution in [2.75, 3.05) is 0 Å². The van der Waals surface area contributed by atoms with Crippen molar-refractivity contribution in [2.45, 2.75) is 0 Å². The van der Waals surface area contributed by atoms with Gasteiger partial charge in [-0.1, -0.05) is 121 Å². The average Bonchev–Trinajstić information content (AvgIpc) is 3.04. The Morgan fingerprint density at radius 1 is 0.366 bits per heavy atom.